The number of unbranched alkanes of at least 4 members (excludes halogenated alkanes) is 1. The van der Waals surface area contributed by atoms with E-state index < -0.39 is 6.10 Å². The predicted octanol–water partition coefficient (Wildman–Crippen LogP) is 1.44. The van der Waals surface area contributed by atoms with E-state index in [1.807, 2.05) is 0 Å². The maximum atomic E-state index is 11.0. The van der Waals surface area contributed by atoms with Gasteiger partial charge in [0.1, 0.15) is 0 Å². The molecule has 0 saturated carbocycles. The van der Waals surface area contributed by atoms with E-state index in [0.29, 0.717) is 19.6 Å². The highest BCUT2D eigenvalue weighted by Gasteiger charge is 2.25. The van der Waals surface area contributed by atoms with E-state index in [2.05, 4.69) is 6.92 Å². The Morgan fingerprint density at radius 2 is 2.46 bits per heavy atom. The molecule has 0 aromatic carbocycles. The lowest BCUT2D eigenvalue weighted by atomic mass is 10.2. The molecule has 1 rings (SSSR count). The molecule has 1 heterocycles. The van der Waals surface area contributed by atoms with Crippen LogP contribution in [0.5, 0.6) is 0 Å². The summed E-state index contributed by atoms with van der Waals surface area (Å²) < 4.78 is 4.80. The fraction of sp³-hybridized carbons (Fsp3) is 0.889. The SMILES string of the molecule is CCCCOOC1CCCOC1=O. The van der Waals surface area contributed by atoms with Crippen LogP contribution in [0.15, 0.2) is 0 Å². The summed E-state index contributed by atoms with van der Waals surface area (Å²) >= 11 is 0. The lowest BCUT2D eigenvalue weighted by Gasteiger charge is -2.19. The topological polar surface area (TPSA) is 44.8 Å². The molecule has 1 atom stereocenters. The largest absolute Gasteiger partial charge is 0.464 e. The van der Waals surface area contributed by atoms with Crippen molar-refractivity contribution in [1.29, 1.82) is 0 Å². The minimum Gasteiger partial charge on any atom is -0.464 e. The quantitative estimate of drug-likeness (QED) is 0.283. The second-order valence-electron chi connectivity index (χ2n) is 3.07. The molecule has 4 heteroatoms. The van der Waals surface area contributed by atoms with Crippen molar-refractivity contribution < 1.29 is 19.3 Å². The number of hydrogen-bond acceptors (Lipinski definition) is 4. The molecule has 0 aromatic heterocycles. The Morgan fingerprint density at radius 3 is 3.15 bits per heavy atom. The van der Waals surface area contributed by atoms with Crippen molar-refractivity contribution in [2.75, 3.05) is 13.2 Å². The Balaban J connectivity index is 2.08. The highest BCUT2D eigenvalue weighted by Crippen LogP contribution is 2.11. The second kappa shape index (κ2) is 5.94. The van der Waals surface area contributed by atoms with Crippen LogP contribution in [0, 0.1) is 0 Å². The van der Waals surface area contributed by atoms with E-state index in [1.165, 1.54) is 0 Å². The van der Waals surface area contributed by atoms with Crippen molar-refractivity contribution in [3.63, 3.8) is 0 Å². The van der Waals surface area contributed by atoms with Gasteiger partial charge in [-0.2, -0.15) is 0 Å². The zero-order valence-electron chi connectivity index (χ0n) is 7.95. The lowest BCUT2D eigenvalue weighted by molar-refractivity contribution is -0.325. The average Bonchev–Trinajstić information content (AvgIpc) is 2.15. The summed E-state index contributed by atoms with van der Waals surface area (Å²) in [5.41, 5.74) is 0. The number of esters is 1. The van der Waals surface area contributed by atoms with Gasteiger partial charge >= 0.3 is 5.97 Å². The third kappa shape index (κ3) is 3.74. The maximum absolute atomic E-state index is 11.0. The molecule has 1 saturated heterocycles. The summed E-state index contributed by atoms with van der Waals surface area (Å²) in [4.78, 5) is 20.8. The van der Waals surface area contributed by atoms with Gasteiger partial charge in [0.25, 0.3) is 0 Å². The zero-order chi connectivity index (χ0) is 9.52. The first-order chi connectivity index (χ1) is 6.34. The molecular formula is C9H16O4. The van der Waals surface area contributed by atoms with Crippen molar-refractivity contribution in [3.8, 4) is 0 Å². The van der Waals surface area contributed by atoms with Crippen molar-refractivity contribution >= 4 is 5.97 Å². The predicted molar refractivity (Wildman–Crippen MR) is 45.9 cm³/mol. The Labute approximate surface area is 78.1 Å². The van der Waals surface area contributed by atoms with Gasteiger partial charge in [0, 0.05) is 0 Å². The molecule has 0 spiro atoms. The molecule has 0 bridgehead atoms. The van der Waals surface area contributed by atoms with Crippen LogP contribution in [0.4, 0.5) is 0 Å². The first kappa shape index (κ1) is 10.5. The van der Waals surface area contributed by atoms with Gasteiger partial charge in [-0.3, -0.25) is 0 Å². The molecule has 1 aliphatic rings. The van der Waals surface area contributed by atoms with E-state index in [1.54, 1.807) is 0 Å². The smallest absolute Gasteiger partial charge is 0.338 e. The molecule has 1 aliphatic heterocycles. The Hall–Kier alpha value is -0.610. The van der Waals surface area contributed by atoms with Crippen LogP contribution < -0.4 is 0 Å². The number of cyclic esters (lactones) is 1. The first-order valence-corrected chi connectivity index (χ1v) is 4.79. The second-order valence-corrected chi connectivity index (χ2v) is 3.07. The van der Waals surface area contributed by atoms with E-state index in [0.717, 1.165) is 19.3 Å². The van der Waals surface area contributed by atoms with Crippen molar-refractivity contribution in [1.82, 2.24) is 0 Å². The molecular weight excluding hydrogens is 172 g/mol. The minimum absolute atomic E-state index is 0.303. The molecule has 13 heavy (non-hydrogen) atoms. The maximum Gasteiger partial charge on any atom is 0.338 e. The van der Waals surface area contributed by atoms with Gasteiger partial charge in [0.15, 0.2) is 6.10 Å². The normalized spacial score (nSPS) is 22.8. The van der Waals surface area contributed by atoms with Crippen molar-refractivity contribution in [3.05, 3.63) is 0 Å². The molecule has 1 unspecified atom stereocenters. The molecule has 4 nitrogen and oxygen atoms in total. The Bertz CT molecular complexity index is 158. The van der Waals surface area contributed by atoms with Gasteiger partial charge < -0.3 is 4.74 Å². The van der Waals surface area contributed by atoms with Crippen LogP contribution in [0.2, 0.25) is 0 Å². The number of hydrogen-bond donors (Lipinski definition) is 0. The molecule has 0 radical (unpaired) electrons. The fourth-order valence-corrected chi connectivity index (χ4v) is 1.07. The monoisotopic (exact) mass is 188 g/mol. The highest BCUT2D eigenvalue weighted by atomic mass is 17.2. The summed E-state index contributed by atoms with van der Waals surface area (Å²) in [6, 6.07) is 0. The van der Waals surface area contributed by atoms with Gasteiger partial charge in [-0.25, -0.2) is 14.6 Å². The van der Waals surface area contributed by atoms with Crippen LogP contribution in [-0.2, 0) is 19.3 Å². The fourth-order valence-electron chi connectivity index (χ4n) is 1.07. The molecule has 0 aromatic rings. The molecule has 0 N–H and O–H groups in total. The van der Waals surface area contributed by atoms with Crippen LogP contribution in [-0.4, -0.2) is 25.3 Å². The van der Waals surface area contributed by atoms with Crippen LogP contribution in [0.1, 0.15) is 32.6 Å². The summed E-state index contributed by atoms with van der Waals surface area (Å²) in [6.07, 6.45) is 3.05. The summed E-state index contributed by atoms with van der Waals surface area (Å²) in [6.45, 7) is 3.12. The minimum atomic E-state index is -0.509. The van der Waals surface area contributed by atoms with Gasteiger partial charge in [-0.05, 0) is 19.3 Å². The standard InChI is InChI=1S/C9H16O4/c1-2-3-7-12-13-8-5-4-6-11-9(8)10/h8H,2-7H2,1H3. The van der Waals surface area contributed by atoms with Gasteiger partial charge in [-0.15, -0.1) is 0 Å². The number of carbonyl (C=O) groups is 1. The van der Waals surface area contributed by atoms with Crippen molar-refractivity contribution in [2.45, 2.75) is 38.7 Å². The summed E-state index contributed by atoms with van der Waals surface area (Å²) in [5.74, 6) is -0.303. The lowest BCUT2D eigenvalue weighted by Crippen LogP contribution is -2.31. The van der Waals surface area contributed by atoms with Gasteiger partial charge in [0.05, 0.1) is 13.2 Å². The van der Waals surface area contributed by atoms with Crippen LogP contribution in [0.25, 0.3) is 0 Å². The van der Waals surface area contributed by atoms with Crippen molar-refractivity contribution in [2.24, 2.45) is 0 Å². The summed E-state index contributed by atoms with van der Waals surface area (Å²) in [5, 5.41) is 0. The van der Waals surface area contributed by atoms with Crippen LogP contribution >= 0.6 is 0 Å². The number of carbonyl (C=O) groups excluding carboxylic acids is 1. The Morgan fingerprint density at radius 1 is 1.62 bits per heavy atom. The average molecular weight is 188 g/mol. The zero-order valence-corrected chi connectivity index (χ0v) is 7.95. The summed E-state index contributed by atoms with van der Waals surface area (Å²) in [7, 11) is 0. The first-order valence-electron chi connectivity index (χ1n) is 4.79. The van der Waals surface area contributed by atoms with Gasteiger partial charge in [-0.1, -0.05) is 13.3 Å². The van der Waals surface area contributed by atoms with Gasteiger partial charge in [0.2, 0.25) is 0 Å². The number of ether oxygens (including phenoxy) is 1. The third-order valence-corrected chi connectivity index (χ3v) is 1.88. The third-order valence-electron chi connectivity index (χ3n) is 1.88. The number of rotatable bonds is 5. The molecule has 1 fully saturated rings. The molecule has 0 aliphatic carbocycles. The van der Waals surface area contributed by atoms with E-state index in [-0.39, 0.29) is 5.97 Å². The van der Waals surface area contributed by atoms with E-state index >= 15 is 0 Å². The molecule has 76 valence electrons. The Kier molecular flexibility index (Phi) is 4.78. The van der Waals surface area contributed by atoms with Crippen LogP contribution in [0.3, 0.4) is 0 Å². The van der Waals surface area contributed by atoms with E-state index in [9.17, 15) is 4.79 Å². The van der Waals surface area contributed by atoms with E-state index in [4.69, 9.17) is 14.5 Å². The highest BCUT2D eigenvalue weighted by molar-refractivity contribution is 5.75. The molecule has 0 amide bonds.